The Morgan fingerprint density at radius 3 is 2.70 bits per heavy atom. The summed E-state index contributed by atoms with van der Waals surface area (Å²) in [5, 5.41) is 3.53. The number of ether oxygens (including phenoxy) is 3. The van der Waals surface area contributed by atoms with Crippen LogP contribution >= 0.6 is 0 Å². The summed E-state index contributed by atoms with van der Waals surface area (Å²) in [4.78, 5) is 8.78. The van der Waals surface area contributed by atoms with Gasteiger partial charge in [0.05, 0.1) is 31.4 Å². The summed E-state index contributed by atoms with van der Waals surface area (Å²) in [5.74, 6) is 0.740. The molecular formula is C23H23F4N3O3. The minimum atomic E-state index is -4.77. The van der Waals surface area contributed by atoms with Crippen LogP contribution in [0.15, 0.2) is 30.3 Å². The summed E-state index contributed by atoms with van der Waals surface area (Å²) in [6.45, 7) is 3.28. The number of aromatic nitrogens is 2. The van der Waals surface area contributed by atoms with Gasteiger partial charge in [-0.25, -0.2) is 14.4 Å². The van der Waals surface area contributed by atoms with Crippen molar-refractivity contribution < 1.29 is 31.8 Å². The van der Waals surface area contributed by atoms with Gasteiger partial charge >= 0.3 is 6.18 Å². The van der Waals surface area contributed by atoms with Gasteiger partial charge in [0.15, 0.2) is 11.5 Å². The van der Waals surface area contributed by atoms with Crippen LogP contribution in [0, 0.1) is 18.7 Å². The summed E-state index contributed by atoms with van der Waals surface area (Å²) in [7, 11) is 1.52. The molecule has 4 rings (SSSR count). The molecule has 1 aliphatic rings. The minimum Gasteiger partial charge on any atom is -0.493 e. The lowest BCUT2D eigenvalue weighted by Crippen LogP contribution is -2.13. The number of anilines is 1. The fourth-order valence-corrected chi connectivity index (χ4v) is 3.70. The zero-order valence-electron chi connectivity index (χ0n) is 18.1. The number of aryl methyl sites for hydroxylation is 1. The molecule has 0 aliphatic carbocycles. The lowest BCUT2D eigenvalue weighted by atomic mass is 10.1. The minimum absolute atomic E-state index is 0.125. The molecule has 0 radical (unpaired) electrons. The molecule has 1 saturated heterocycles. The van der Waals surface area contributed by atoms with E-state index in [-0.39, 0.29) is 18.0 Å². The highest BCUT2D eigenvalue weighted by Gasteiger charge is 2.34. The number of hydrogen-bond donors (Lipinski definition) is 1. The highest BCUT2D eigenvalue weighted by molar-refractivity contribution is 5.91. The van der Waals surface area contributed by atoms with Crippen molar-refractivity contribution in [1.82, 2.24) is 9.97 Å². The maximum atomic E-state index is 14.4. The fourth-order valence-electron chi connectivity index (χ4n) is 3.70. The molecule has 2 aromatic carbocycles. The van der Waals surface area contributed by atoms with Gasteiger partial charge in [0.2, 0.25) is 0 Å². The predicted octanol–water partition coefficient (Wildman–Crippen LogP) is 5.13. The van der Waals surface area contributed by atoms with Crippen molar-refractivity contribution in [2.24, 2.45) is 5.92 Å². The van der Waals surface area contributed by atoms with Crippen molar-refractivity contribution in [1.29, 1.82) is 0 Å². The molecular weight excluding hydrogens is 442 g/mol. The molecule has 0 amide bonds. The molecule has 1 atom stereocenters. The number of fused-ring (bicyclic) bond motifs is 1. The molecule has 2 heterocycles. The van der Waals surface area contributed by atoms with Crippen molar-refractivity contribution in [3.05, 3.63) is 53.1 Å². The molecule has 1 aliphatic heterocycles. The third kappa shape index (κ3) is 5.11. The second-order valence-electron chi connectivity index (χ2n) is 7.81. The predicted molar refractivity (Wildman–Crippen MR) is 114 cm³/mol. The van der Waals surface area contributed by atoms with Crippen LogP contribution in [0.2, 0.25) is 0 Å². The van der Waals surface area contributed by atoms with Crippen molar-refractivity contribution in [2.45, 2.75) is 26.1 Å². The molecule has 0 saturated carbocycles. The smallest absolute Gasteiger partial charge is 0.419 e. The third-order valence-electron chi connectivity index (χ3n) is 5.42. The van der Waals surface area contributed by atoms with Gasteiger partial charge in [0.25, 0.3) is 0 Å². The van der Waals surface area contributed by atoms with E-state index in [1.165, 1.54) is 19.2 Å². The lowest BCUT2D eigenvalue weighted by Gasteiger charge is -2.16. The van der Waals surface area contributed by atoms with Gasteiger partial charge in [-0.15, -0.1) is 0 Å². The van der Waals surface area contributed by atoms with Crippen LogP contribution in [0.4, 0.5) is 23.4 Å². The van der Waals surface area contributed by atoms with Crippen LogP contribution in [0.5, 0.6) is 11.5 Å². The average Bonchev–Trinajstić information content (AvgIpc) is 3.29. The van der Waals surface area contributed by atoms with Crippen LogP contribution < -0.4 is 14.8 Å². The lowest BCUT2D eigenvalue weighted by molar-refractivity contribution is -0.140. The van der Waals surface area contributed by atoms with Gasteiger partial charge in [-0.2, -0.15) is 13.2 Å². The first-order valence-electron chi connectivity index (χ1n) is 10.4. The van der Waals surface area contributed by atoms with E-state index in [2.05, 4.69) is 15.3 Å². The zero-order valence-corrected chi connectivity index (χ0v) is 18.1. The SMILES string of the molecule is COc1cc2nc(C)nc(NCc3cccc(C(F)(F)F)c3F)c2cc1OC[C@H]1CCOC1. The number of alkyl halides is 3. The fraction of sp³-hybridized carbons (Fsp3) is 0.391. The molecule has 1 aromatic heterocycles. The Hall–Kier alpha value is -3.14. The standard InChI is InChI=1S/C23H23F4N3O3/c1-13-29-18-9-19(31-2)20(33-12-14-6-7-32-11-14)8-16(18)22(30-13)28-10-15-4-3-5-17(21(15)24)23(25,26)27/h3-5,8-9,14H,6-7,10-12H2,1-2H3,(H,28,29,30)/t14-/m0/s1. The number of benzene rings is 2. The second kappa shape index (κ2) is 9.38. The molecule has 0 spiro atoms. The van der Waals surface area contributed by atoms with Crippen LogP contribution in [-0.4, -0.2) is 36.9 Å². The molecule has 0 bridgehead atoms. The number of methoxy groups -OCH3 is 1. The topological polar surface area (TPSA) is 65.5 Å². The molecule has 0 unspecified atom stereocenters. The number of nitrogens with one attached hydrogen (secondary N) is 1. The van der Waals surface area contributed by atoms with Gasteiger partial charge in [-0.3, -0.25) is 0 Å². The molecule has 10 heteroatoms. The van der Waals surface area contributed by atoms with E-state index in [1.807, 2.05) is 0 Å². The summed E-state index contributed by atoms with van der Waals surface area (Å²) in [5.41, 5.74) is -0.870. The molecule has 176 valence electrons. The second-order valence-corrected chi connectivity index (χ2v) is 7.81. The van der Waals surface area contributed by atoms with E-state index in [1.54, 1.807) is 19.1 Å². The van der Waals surface area contributed by atoms with E-state index >= 15 is 0 Å². The number of hydrogen-bond acceptors (Lipinski definition) is 6. The van der Waals surface area contributed by atoms with E-state index in [0.29, 0.717) is 59.9 Å². The molecule has 1 fully saturated rings. The van der Waals surface area contributed by atoms with Gasteiger partial charge in [0, 0.05) is 36.1 Å². The Labute approximate surface area is 187 Å². The van der Waals surface area contributed by atoms with E-state index in [9.17, 15) is 17.6 Å². The highest BCUT2D eigenvalue weighted by atomic mass is 19.4. The normalized spacial score (nSPS) is 16.2. The van der Waals surface area contributed by atoms with Gasteiger partial charge in [-0.05, 0) is 25.5 Å². The Morgan fingerprint density at radius 1 is 1.18 bits per heavy atom. The number of rotatable bonds is 7. The first kappa shape index (κ1) is 23.0. The third-order valence-corrected chi connectivity index (χ3v) is 5.42. The van der Waals surface area contributed by atoms with Crippen LogP contribution in [0.25, 0.3) is 10.9 Å². The molecule has 33 heavy (non-hydrogen) atoms. The number of halogens is 4. The Bertz CT molecular complexity index is 1150. The molecule has 6 nitrogen and oxygen atoms in total. The monoisotopic (exact) mass is 465 g/mol. The highest BCUT2D eigenvalue weighted by Crippen LogP contribution is 2.36. The number of nitrogens with zero attached hydrogens (tertiary/aromatic N) is 2. The summed E-state index contributed by atoms with van der Waals surface area (Å²) in [6.07, 6.45) is -3.86. The van der Waals surface area contributed by atoms with Crippen molar-refractivity contribution in [3.63, 3.8) is 0 Å². The summed E-state index contributed by atoms with van der Waals surface area (Å²) >= 11 is 0. The van der Waals surface area contributed by atoms with E-state index in [4.69, 9.17) is 14.2 Å². The Kier molecular flexibility index (Phi) is 6.55. The maximum absolute atomic E-state index is 14.4. The maximum Gasteiger partial charge on any atom is 0.419 e. The summed E-state index contributed by atoms with van der Waals surface area (Å²) in [6, 6.07) is 6.62. The Balaban J connectivity index is 1.63. The van der Waals surface area contributed by atoms with Gasteiger partial charge in [-0.1, -0.05) is 12.1 Å². The largest absolute Gasteiger partial charge is 0.493 e. The van der Waals surface area contributed by atoms with Gasteiger partial charge in [0.1, 0.15) is 17.5 Å². The van der Waals surface area contributed by atoms with Crippen molar-refractivity contribution in [2.75, 3.05) is 32.2 Å². The van der Waals surface area contributed by atoms with Crippen molar-refractivity contribution >= 4 is 16.7 Å². The first-order chi connectivity index (χ1) is 15.8. The zero-order chi connectivity index (χ0) is 23.6. The van der Waals surface area contributed by atoms with Crippen LogP contribution in [-0.2, 0) is 17.5 Å². The van der Waals surface area contributed by atoms with Crippen LogP contribution in [0.1, 0.15) is 23.4 Å². The average molecular weight is 465 g/mol. The molecule has 3 aromatic rings. The Morgan fingerprint density at radius 2 is 2.00 bits per heavy atom. The van der Waals surface area contributed by atoms with E-state index in [0.717, 1.165) is 6.42 Å². The summed E-state index contributed by atoms with van der Waals surface area (Å²) < 4.78 is 70.3. The molecule has 1 N–H and O–H groups in total. The quantitative estimate of drug-likeness (QED) is 0.488. The van der Waals surface area contributed by atoms with Crippen LogP contribution in [0.3, 0.4) is 0 Å². The van der Waals surface area contributed by atoms with E-state index < -0.39 is 17.6 Å². The van der Waals surface area contributed by atoms with Crippen molar-refractivity contribution in [3.8, 4) is 11.5 Å². The van der Waals surface area contributed by atoms with Gasteiger partial charge < -0.3 is 19.5 Å². The first-order valence-corrected chi connectivity index (χ1v) is 10.4.